The fraction of sp³-hybridized carbons (Fsp3) is 0.273. The fourth-order valence-electron chi connectivity index (χ4n) is 1.67. The highest BCUT2D eigenvalue weighted by Crippen LogP contribution is 2.32. The summed E-state index contributed by atoms with van der Waals surface area (Å²) in [6.07, 6.45) is 6.88. The Kier molecular flexibility index (Phi) is 2.18. The van der Waals surface area contributed by atoms with Crippen molar-refractivity contribution in [3.8, 4) is 0 Å². The summed E-state index contributed by atoms with van der Waals surface area (Å²) in [5.41, 5.74) is 1.27. The van der Waals surface area contributed by atoms with Gasteiger partial charge >= 0.3 is 0 Å². The summed E-state index contributed by atoms with van der Waals surface area (Å²) in [4.78, 5) is 0. The lowest BCUT2D eigenvalue weighted by atomic mass is 9.99. The van der Waals surface area contributed by atoms with Crippen LogP contribution in [0.15, 0.2) is 36.4 Å². The zero-order valence-corrected chi connectivity index (χ0v) is 7.59. The molecule has 1 aliphatic carbocycles. The topological polar surface area (TPSA) is 0 Å². The predicted molar refractivity (Wildman–Crippen MR) is 52.6 cm³/mol. The summed E-state index contributed by atoms with van der Waals surface area (Å²) in [6.45, 7) is 0. The molecule has 0 nitrogen and oxygen atoms in total. The Morgan fingerprint density at radius 3 is 2.75 bits per heavy atom. The van der Waals surface area contributed by atoms with E-state index in [4.69, 9.17) is 11.6 Å². The fourth-order valence-corrected chi connectivity index (χ4v) is 1.94. The van der Waals surface area contributed by atoms with Crippen LogP contribution in [0.3, 0.4) is 0 Å². The van der Waals surface area contributed by atoms with Crippen LogP contribution in [0.4, 0.5) is 0 Å². The van der Waals surface area contributed by atoms with E-state index >= 15 is 0 Å². The predicted octanol–water partition coefficient (Wildman–Crippen LogP) is 3.77. The molecule has 0 heterocycles. The van der Waals surface area contributed by atoms with Crippen molar-refractivity contribution >= 4 is 11.6 Å². The molecule has 12 heavy (non-hydrogen) atoms. The Hall–Kier alpha value is -0.750. The summed E-state index contributed by atoms with van der Waals surface area (Å²) in [5, 5.41) is 0.897. The van der Waals surface area contributed by atoms with Gasteiger partial charge in [-0.15, -0.1) is 0 Å². The zero-order chi connectivity index (χ0) is 8.39. The second-order valence-electron chi connectivity index (χ2n) is 3.13. The average Bonchev–Trinajstić information content (AvgIpc) is 2.57. The normalized spacial score (nSPS) is 21.6. The second-order valence-corrected chi connectivity index (χ2v) is 3.54. The van der Waals surface area contributed by atoms with Gasteiger partial charge in [-0.3, -0.25) is 0 Å². The van der Waals surface area contributed by atoms with Crippen LogP contribution < -0.4 is 0 Å². The summed E-state index contributed by atoms with van der Waals surface area (Å²) < 4.78 is 0. The highest BCUT2D eigenvalue weighted by molar-refractivity contribution is 6.31. The number of benzene rings is 1. The van der Waals surface area contributed by atoms with Gasteiger partial charge < -0.3 is 0 Å². The summed E-state index contributed by atoms with van der Waals surface area (Å²) in [7, 11) is 0. The third kappa shape index (κ3) is 1.39. The minimum atomic E-state index is 0.554. The average molecular weight is 179 g/mol. The van der Waals surface area contributed by atoms with Gasteiger partial charge in [0.2, 0.25) is 0 Å². The maximum atomic E-state index is 6.07. The van der Waals surface area contributed by atoms with E-state index in [0.717, 1.165) is 5.02 Å². The molecule has 1 unspecified atom stereocenters. The van der Waals surface area contributed by atoms with Gasteiger partial charge in [0.25, 0.3) is 0 Å². The van der Waals surface area contributed by atoms with Crippen LogP contribution in [0, 0.1) is 0 Å². The van der Waals surface area contributed by atoms with Crippen molar-refractivity contribution in [2.45, 2.75) is 18.8 Å². The molecule has 1 aromatic carbocycles. The molecular weight excluding hydrogens is 168 g/mol. The van der Waals surface area contributed by atoms with Gasteiger partial charge in [0.15, 0.2) is 0 Å². The lowest BCUT2D eigenvalue weighted by Gasteiger charge is -2.09. The Bertz CT molecular complexity index is 302. The van der Waals surface area contributed by atoms with Crippen molar-refractivity contribution in [2.75, 3.05) is 0 Å². The van der Waals surface area contributed by atoms with Crippen LogP contribution >= 0.6 is 11.6 Å². The molecule has 0 radical (unpaired) electrons. The van der Waals surface area contributed by atoms with Crippen molar-refractivity contribution in [3.63, 3.8) is 0 Å². The zero-order valence-electron chi connectivity index (χ0n) is 6.83. The first-order valence-electron chi connectivity index (χ1n) is 4.29. The maximum absolute atomic E-state index is 6.07. The quantitative estimate of drug-likeness (QED) is 0.575. The molecule has 62 valence electrons. The first-order chi connectivity index (χ1) is 5.88. The Morgan fingerprint density at radius 1 is 1.25 bits per heavy atom. The van der Waals surface area contributed by atoms with Crippen LogP contribution in [0.1, 0.15) is 24.3 Å². The highest BCUT2D eigenvalue weighted by Gasteiger charge is 2.13. The SMILES string of the molecule is Clc1ccccc1C1C=CCC1. The van der Waals surface area contributed by atoms with Crippen LogP contribution in [-0.4, -0.2) is 0 Å². The van der Waals surface area contributed by atoms with Crippen molar-refractivity contribution in [3.05, 3.63) is 47.0 Å². The van der Waals surface area contributed by atoms with Crippen molar-refractivity contribution < 1.29 is 0 Å². The molecule has 0 fully saturated rings. The number of hydrogen-bond donors (Lipinski definition) is 0. The smallest absolute Gasteiger partial charge is 0.0443 e. The van der Waals surface area contributed by atoms with Gasteiger partial charge in [-0.1, -0.05) is 42.0 Å². The monoisotopic (exact) mass is 178 g/mol. The Labute approximate surface area is 77.9 Å². The van der Waals surface area contributed by atoms with E-state index in [9.17, 15) is 0 Å². The summed E-state index contributed by atoms with van der Waals surface area (Å²) in [6, 6.07) is 8.10. The van der Waals surface area contributed by atoms with Crippen molar-refractivity contribution in [1.29, 1.82) is 0 Å². The first-order valence-corrected chi connectivity index (χ1v) is 4.67. The van der Waals surface area contributed by atoms with E-state index in [1.165, 1.54) is 18.4 Å². The molecule has 0 bridgehead atoms. The summed E-state index contributed by atoms with van der Waals surface area (Å²) >= 11 is 6.07. The van der Waals surface area contributed by atoms with E-state index in [0.29, 0.717) is 5.92 Å². The molecule has 1 aromatic rings. The molecule has 0 aliphatic heterocycles. The van der Waals surface area contributed by atoms with E-state index in [1.807, 2.05) is 18.2 Å². The van der Waals surface area contributed by atoms with Crippen LogP contribution in [-0.2, 0) is 0 Å². The molecular formula is C11H11Cl. The van der Waals surface area contributed by atoms with Gasteiger partial charge in [0.1, 0.15) is 0 Å². The number of hydrogen-bond acceptors (Lipinski definition) is 0. The molecule has 0 N–H and O–H groups in total. The van der Waals surface area contributed by atoms with E-state index in [2.05, 4.69) is 18.2 Å². The van der Waals surface area contributed by atoms with Crippen molar-refractivity contribution in [2.24, 2.45) is 0 Å². The second kappa shape index (κ2) is 3.32. The van der Waals surface area contributed by atoms with E-state index < -0.39 is 0 Å². The Morgan fingerprint density at radius 2 is 2.08 bits per heavy atom. The van der Waals surface area contributed by atoms with E-state index in [-0.39, 0.29) is 0 Å². The largest absolute Gasteiger partial charge is 0.0879 e. The standard InChI is InChI=1S/C11H11Cl/c12-11-8-4-3-7-10(11)9-5-1-2-6-9/h1,3-5,7-9H,2,6H2. The molecule has 1 heteroatoms. The number of allylic oxidation sites excluding steroid dienone is 2. The molecule has 0 spiro atoms. The van der Waals surface area contributed by atoms with Gasteiger partial charge in [0.05, 0.1) is 0 Å². The van der Waals surface area contributed by atoms with Crippen LogP contribution in [0.2, 0.25) is 5.02 Å². The van der Waals surface area contributed by atoms with E-state index in [1.54, 1.807) is 0 Å². The molecule has 2 rings (SSSR count). The first kappa shape index (κ1) is 7.88. The molecule has 1 aliphatic rings. The number of halogens is 1. The summed E-state index contributed by atoms with van der Waals surface area (Å²) in [5.74, 6) is 0.554. The molecule has 0 saturated carbocycles. The van der Waals surface area contributed by atoms with Gasteiger partial charge in [0, 0.05) is 10.9 Å². The van der Waals surface area contributed by atoms with Gasteiger partial charge in [-0.05, 0) is 24.5 Å². The molecule has 0 amide bonds. The third-order valence-corrected chi connectivity index (χ3v) is 2.66. The lowest BCUT2D eigenvalue weighted by Crippen LogP contribution is -1.91. The van der Waals surface area contributed by atoms with Gasteiger partial charge in [-0.25, -0.2) is 0 Å². The molecule has 1 atom stereocenters. The van der Waals surface area contributed by atoms with Gasteiger partial charge in [-0.2, -0.15) is 0 Å². The van der Waals surface area contributed by atoms with Crippen molar-refractivity contribution in [1.82, 2.24) is 0 Å². The Balaban J connectivity index is 2.33. The lowest BCUT2D eigenvalue weighted by molar-refractivity contribution is 0.801. The minimum Gasteiger partial charge on any atom is -0.0879 e. The van der Waals surface area contributed by atoms with Crippen LogP contribution in [0.25, 0.3) is 0 Å². The maximum Gasteiger partial charge on any atom is 0.0443 e. The third-order valence-electron chi connectivity index (χ3n) is 2.32. The highest BCUT2D eigenvalue weighted by atomic mass is 35.5. The minimum absolute atomic E-state index is 0.554. The molecule has 0 saturated heterocycles. The molecule has 0 aromatic heterocycles. The van der Waals surface area contributed by atoms with Crippen LogP contribution in [0.5, 0.6) is 0 Å². The number of rotatable bonds is 1.